The number of ether oxygens (including phenoxy) is 2. The van der Waals surface area contributed by atoms with E-state index in [4.69, 9.17) is 9.47 Å². The lowest BCUT2D eigenvalue weighted by molar-refractivity contribution is -0.117. The van der Waals surface area contributed by atoms with E-state index in [2.05, 4.69) is 6.92 Å². The van der Waals surface area contributed by atoms with Crippen molar-refractivity contribution < 1.29 is 14.3 Å². The van der Waals surface area contributed by atoms with Crippen molar-refractivity contribution in [2.45, 2.75) is 40.5 Å². The molecule has 1 aromatic rings. The number of benzene rings is 1. The van der Waals surface area contributed by atoms with Crippen LogP contribution in [-0.2, 0) is 11.2 Å². The van der Waals surface area contributed by atoms with Crippen LogP contribution in [0.15, 0.2) is 18.2 Å². The van der Waals surface area contributed by atoms with Crippen LogP contribution in [0.1, 0.15) is 39.7 Å². The predicted octanol–water partition coefficient (Wildman–Crippen LogP) is 3.64. The molecule has 0 aliphatic rings. The topological polar surface area (TPSA) is 35.5 Å². The summed E-state index contributed by atoms with van der Waals surface area (Å²) in [6, 6.07) is 6.01. The van der Waals surface area contributed by atoms with Gasteiger partial charge in [0.25, 0.3) is 0 Å². The van der Waals surface area contributed by atoms with Gasteiger partial charge in [0.15, 0.2) is 11.5 Å². The standard InChI is InChI=1S/C16H24O3/c1-5-18-15-8-7-14(11-16(15)19-6-2)10-12(3)9-13(4)17/h7-8,11-12H,5-6,9-10H2,1-4H3. The molecule has 0 fully saturated rings. The molecule has 0 radical (unpaired) electrons. The van der Waals surface area contributed by atoms with Gasteiger partial charge in [-0.3, -0.25) is 0 Å². The number of ketones is 1. The molecule has 0 spiro atoms. The van der Waals surface area contributed by atoms with Crippen LogP contribution in [0.5, 0.6) is 11.5 Å². The van der Waals surface area contributed by atoms with Gasteiger partial charge in [-0.1, -0.05) is 13.0 Å². The molecule has 0 aromatic heterocycles. The second kappa shape index (κ2) is 7.82. The van der Waals surface area contributed by atoms with Gasteiger partial charge >= 0.3 is 0 Å². The molecule has 0 bridgehead atoms. The number of rotatable bonds is 8. The van der Waals surface area contributed by atoms with Gasteiger partial charge in [-0.25, -0.2) is 0 Å². The van der Waals surface area contributed by atoms with Crippen molar-refractivity contribution in [1.29, 1.82) is 0 Å². The number of hydrogen-bond donors (Lipinski definition) is 0. The van der Waals surface area contributed by atoms with Gasteiger partial charge in [-0.05, 0) is 50.8 Å². The monoisotopic (exact) mass is 264 g/mol. The van der Waals surface area contributed by atoms with Gasteiger partial charge in [0.2, 0.25) is 0 Å². The molecule has 19 heavy (non-hydrogen) atoms. The second-order valence-electron chi connectivity index (χ2n) is 4.86. The van der Waals surface area contributed by atoms with Crippen molar-refractivity contribution in [3.8, 4) is 11.5 Å². The number of Topliss-reactive ketones (excluding diaryl/α,β-unsaturated/α-hetero) is 1. The van der Waals surface area contributed by atoms with Gasteiger partial charge in [0, 0.05) is 6.42 Å². The van der Waals surface area contributed by atoms with Crippen molar-refractivity contribution in [2.24, 2.45) is 5.92 Å². The highest BCUT2D eigenvalue weighted by atomic mass is 16.5. The molecule has 0 saturated carbocycles. The van der Waals surface area contributed by atoms with Crippen molar-refractivity contribution in [3.63, 3.8) is 0 Å². The Morgan fingerprint density at radius 2 is 1.79 bits per heavy atom. The highest BCUT2D eigenvalue weighted by Gasteiger charge is 2.10. The van der Waals surface area contributed by atoms with E-state index in [0.717, 1.165) is 17.9 Å². The molecule has 0 heterocycles. The zero-order chi connectivity index (χ0) is 14.3. The average Bonchev–Trinajstić information content (AvgIpc) is 2.32. The van der Waals surface area contributed by atoms with Crippen molar-refractivity contribution in [2.75, 3.05) is 13.2 Å². The maximum Gasteiger partial charge on any atom is 0.161 e. The quantitative estimate of drug-likeness (QED) is 0.719. The van der Waals surface area contributed by atoms with Crippen LogP contribution in [0.3, 0.4) is 0 Å². The van der Waals surface area contributed by atoms with Crippen LogP contribution < -0.4 is 9.47 Å². The number of carbonyl (C=O) groups is 1. The third kappa shape index (κ3) is 5.33. The first kappa shape index (κ1) is 15.5. The van der Waals surface area contributed by atoms with E-state index in [1.807, 2.05) is 32.0 Å². The fourth-order valence-electron chi connectivity index (χ4n) is 2.19. The van der Waals surface area contributed by atoms with E-state index in [1.54, 1.807) is 6.92 Å². The van der Waals surface area contributed by atoms with Crippen LogP contribution >= 0.6 is 0 Å². The van der Waals surface area contributed by atoms with Gasteiger partial charge in [-0.15, -0.1) is 0 Å². The summed E-state index contributed by atoms with van der Waals surface area (Å²) >= 11 is 0. The summed E-state index contributed by atoms with van der Waals surface area (Å²) in [6.07, 6.45) is 1.50. The maximum atomic E-state index is 11.1. The third-order valence-corrected chi connectivity index (χ3v) is 2.83. The minimum atomic E-state index is 0.239. The fourth-order valence-corrected chi connectivity index (χ4v) is 2.19. The Balaban J connectivity index is 2.79. The Morgan fingerprint density at radius 3 is 2.37 bits per heavy atom. The predicted molar refractivity (Wildman–Crippen MR) is 76.9 cm³/mol. The summed E-state index contributed by atoms with van der Waals surface area (Å²) in [5.41, 5.74) is 1.18. The molecule has 1 atom stereocenters. The van der Waals surface area contributed by atoms with Gasteiger partial charge in [-0.2, -0.15) is 0 Å². The molecule has 1 rings (SSSR count). The van der Waals surface area contributed by atoms with Crippen molar-refractivity contribution in [1.82, 2.24) is 0 Å². The van der Waals surface area contributed by atoms with E-state index < -0.39 is 0 Å². The maximum absolute atomic E-state index is 11.1. The molecule has 3 nitrogen and oxygen atoms in total. The van der Waals surface area contributed by atoms with E-state index in [0.29, 0.717) is 25.6 Å². The van der Waals surface area contributed by atoms with Gasteiger partial charge in [0.05, 0.1) is 13.2 Å². The third-order valence-electron chi connectivity index (χ3n) is 2.83. The highest BCUT2D eigenvalue weighted by molar-refractivity contribution is 5.75. The molecule has 0 aliphatic carbocycles. The lowest BCUT2D eigenvalue weighted by atomic mass is 9.96. The Hall–Kier alpha value is -1.51. The Labute approximate surface area is 115 Å². The Bertz CT molecular complexity index is 412. The molecule has 0 saturated heterocycles. The first-order valence-corrected chi connectivity index (χ1v) is 6.94. The average molecular weight is 264 g/mol. The van der Waals surface area contributed by atoms with Crippen LogP contribution in [-0.4, -0.2) is 19.0 Å². The summed E-state index contributed by atoms with van der Waals surface area (Å²) in [5.74, 6) is 2.16. The van der Waals surface area contributed by atoms with E-state index in [-0.39, 0.29) is 5.78 Å². The van der Waals surface area contributed by atoms with Gasteiger partial charge in [0.1, 0.15) is 5.78 Å². The molecule has 106 valence electrons. The van der Waals surface area contributed by atoms with E-state index in [9.17, 15) is 4.79 Å². The van der Waals surface area contributed by atoms with Crippen molar-refractivity contribution in [3.05, 3.63) is 23.8 Å². The molecular weight excluding hydrogens is 240 g/mol. The van der Waals surface area contributed by atoms with E-state index in [1.165, 1.54) is 5.56 Å². The second-order valence-corrected chi connectivity index (χ2v) is 4.86. The summed E-state index contributed by atoms with van der Waals surface area (Å²) in [6.45, 7) is 8.89. The fraction of sp³-hybridized carbons (Fsp3) is 0.562. The smallest absolute Gasteiger partial charge is 0.161 e. The minimum Gasteiger partial charge on any atom is -0.490 e. The Morgan fingerprint density at radius 1 is 1.16 bits per heavy atom. The molecule has 0 aliphatic heterocycles. The number of hydrogen-bond acceptors (Lipinski definition) is 3. The van der Waals surface area contributed by atoms with Crippen LogP contribution in [0.2, 0.25) is 0 Å². The first-order chi connectivity index (χ1) is 9.06. The molecular formula is C16H24O3. The highest BCUT2D eigenvalue weighted by Crippen LogP contribution is 2.29. The Kier molecular flexibility index (Phi) is 6.40. The summed E-state index contributed by atoms with van der Waals surface area (Å²) in [5, 5.41) is 0. The summed E-state index contributed by atoms with van der Waals surface area (Å²) in [4.78, 5) is 11.1. The van der Waals surface area contributed by atoms with Crippen LogP contribution in [0.25, 0.3) is 0 Å². The first-order valence-electron chi connectivity index (χ1n) is 6.94. The lowest BCUT2D eigenvalue weighted by Crippen LogP contribution is -2.06. The summed E-state index contributed by atoms with van der Waals surface area (Å²) in [7, 11) is 0. The minimum absolute atomic E-state index is 0.239. The molecule has 1 unspecified atom stereocenters. The van der Waals surface area contributed by atoms with Crippen molar-refractivity contribution >= 4 is 5.78 Å². The van der Waals surface area contributed by atoms with Gasteiger partial charge < -0.3 is 14.3 Å². The van der Waals surface area contributed by atoms with Crippen LogP contribution in [0.4, 0.5) is 0 Å². The largest absolute Gasteiger partial charge is 0.490 e. The molecule has 0 amide bonds. The lowest BCUT2D eigenvalue weighted by Gasteiger charge is -2.14. The zero-order valence-electron chi connectivity index (χ0n) is 12.4. The molecule has 3 heteroatoms. The number of carbonyl (C=O) groups excluding carboxylic acids is 1. The van der Waals surface area contributed by atoms with E-state index >= 15 is 0 Å². The molecule has 0 N–H and O–H groups in total. The van der Waals surface area contributed by atoms with Crippen LogP contribution in [0, 0.1) is 5.92 Å². The zero-order valence-corrected chi connectivity index (χ0v) is 12.4. The summed E-state index contributed by atoms with van der Waals surface area (Å²) < 4.78 is 11.1. The SMILES string of the molecule is CCOc1ccc(CC(C)CC(C)=O)cc1OCC. The normalized spacial score (nSPS) is 12.0. The molecule has 1 aromatic carbocycles.